The summed E-state index contributed by atoms with van der Waals surface area (Å²) in [7, 11) is 0. The molecule has 1 aromatic carbocycles. The van der Waals surface area contributed by atoms with Gasteiger partial charge in [-0.25, -0.2) is 0 Å². The first kappa shape index (κ1) is 9.30. The molecule has 0 saturated heterocycles. The Hall–Kier alpha value is -1.26. The van der Waals surface area contributed by atoms with Crippen molar-refractivity contribution in [1.29, 1.82) is 0 Å². The van der Waals surface area contributed by atoms with E-state index in [1.165, 1.54) is 0 Å². The third-order valence-electron chi connectivity index (χ3n) is 1.92. The highest BCUT2D eigenvalue weighted by molar-refractivity contribution is 6.58. The van der Waals surface area contributed by atoms with Crippen LogP contribution in [0.3, 0.4) is 0 Å². The van der Waals surface area contributed by atoms with Crippen LogP contribution >= 0.6 is 23.2 Å². The first-order chi connectivity index (χ1) is 6.65. The molecular formula is C8H5Cl2N3O. The van der Waals surface area contributed by atoms with Crippen LogP contribution in [0.25, 0.3) is 0 Å². The highest BCUT2D eigenvalue weighted by Crippen LogP contribution is 2.35. The Morgan fingerprint density at radius 3 is 2.57 bits per heavy atom. The lowest BCUT2D eigenvalue weighted by molar-refractivity contribution is -0.110. The Kier molecular flexibility index (Phi) is 2.09. The van der Waals surface area contributed by atoms with Gasteiger partial charge in [-0.3, -0.25) is 4.79 Å². The van der Waals surface area contributed by atoms with Crippen LogP contribution in [0.1, 0.15) is 5.56 Å². The number of hydrazone groups is 1. The molecule has 3 N–H and O–H groups in total. The predicted molar refractivity (Wildman–Crippen MR) is 55.8 cm³/mol. The molecule has 2 rings (SSSR count). The smallest absolute Gasteiger partial charge is 0.276 e. The van der Waals surface area contributed by atoms with E-state index in [-0.39, 0.29) is 5.71 Å². The van der Waals surface area contributed by atoms with Gasteiger partial charge < -0.3 is 11.2 Å². The van der Waals surface area contributed by atoms with Crippen LogP contribution < -0.4 is 11.2 Å². The topological polar surface area (TPSA) is 67.5 Å². The molecule has 1 heterocycles. The molecule has 14 heavy (non-hydrogen) atoms. The molecule has 4 nitrogen and oxygen atoms in total. The zero-order chi connectivity index (χ0) is 10.3. The summed E-state index contributed by atoms with van der Waals surface area (Å²) in [5.41, 5.74) is 1.03. The molecule has 0 aliphatic carbocycles. The summed E-state index contributed by atoms with van der Waals surface area (Å²) in [5, 5.41) is 6.72. The minimum Gasteiger partial charge on any atom is -0.322 e. The molecule has 0 atom stereocenters. The number of nitrogens with two attached hydrogens (primary N) is 1. The van der Waals surface area contributed by atoms with E-state index in [9.17, 15) is 4.79 Å². The number of amides is 1. The molecule has 72 valence electrons. The van der Waals surface area contributed by atoms with E-state index in [1.54, 1.807) is 12.1 Å². The van der Waals surface area contributed by atoms with Gasteiger partial charge in [0.2, 0.25) is 0 Å². The van der Waals surface area contributed by atoms with Gasteiger partial charge in [-0.1, -0.05) is 23.2 Å². The summed E-state index contributed by atoms with van der Waals surface area (Å²) in [5.74, 6) is 4.69. The van der Waals surface area contributed by atoms with Gasteiger partial charge in [0.05, 0.1) is 21.3 Å². The maximum absolute atomic E-state index is 11.3. The number of carbonyl (C=O) groups excluding carboxylic acids is 1. The Bertz CT molecular complexity index is 456. The summed E-state index contributed by atoms with van der Waals surface area (Å²) in [6, 6.07) is 3.19. The molecule has 0 spiro atoms. The van der Waals surface area contributed by atoms with Crippen molar-refractivity contribution in [3.8, 4) is 0 Å². The predicted octanol–water partition coefficient (Wildman–Crippen LogP) is 1.61. The lowest BCUT2D eigenvalue weighted by Crippen LogP contribution is -2.16. The molecule has 0 fully saturated rings. The minimum atomic E-state index is -0.391. The van der Waals surface area contributed by atoms with E-state index in [0.29, 0.717) is 21.3 Å². The van der Waals surface area contributed by atoms with Crippen LogP contribution in [-0.2, 0) is 4.79 Å². The SMILES string of the molecule is N/N=C1\C(=O)Nc2c(Cl)ccc(Cl)c21. The normalized spacial score (nSPS) is 17.0. The van der Waals surface area contributed by atoms with Gasteiger partial charge in [0.15, 0.2) is 5.71 Å². The van der Waals surface area contributed by atoms with Crippen molar-refractivity contribution in [3.63, 3.8) is 0 Å². The maximum atomic E-state index is 11.3. The quantitative estimate of drug-likeness (QED) is 0.525. The number of hydrogen-bond donors (Lipinski definition) is 2. The van der Waals surface area contributed by atoms with E-state index in [2.05, 4.69) is 10.4 Å². The number of benzene rings is 1. The molecule has 0 unspecified atom stereocenters. The van der Waals surface area contributed by atoms with Crippen LogP contribution in [0, 0.1) is 0 Å². The summed E-state index contributed by atoms with van der Waals surface area (Å²) < 4.78 is 0. The van der Waals surface area contributed by atoms with Crippen LogP contribution in [-0.4, -0.2) is 11.6 Å². The zero-order valence-corrected chi connectivity index (χ0v) is 8.36. The van der Waals surface area contributed by atoms with Crippen molar-refractivity contribution in [3.05, 3.63) is 27.7 Å². The standard InChI is InChI=1S/C8H5Cl2N3O/c9-3-1-2-4(10)6-5(3)7(13-11)8(14)12-6/h1-2H,11H2,(H,12,13,14). The van der Waals surface area contributed by atoms with Crippen molar-refractivity contribution in [2.24, 2.45) is 10.9 Å². The van der Waals surface area contributed by atoms with Gasteiger partial charge in [-0.15, -0.1) is 0 Å². The van der Waals surface area contributed by atoms with Crippen LogP contribution in [0.2, 0.25) is 10.0 Å². The Labute approximate surface area is 89.7 Å². The minimum absolute atomic E-state index is 0.104. The molecule has 0 radical (unpaired) electrons. The Morgan fingerprint density at radius 2 is 1.93 bits per heavy atom. The summed E-state index contributed by atoms with van der Waals surface area (Å²) in [4.78, 5) is 11.3. The summed E-state index contributed by atoms with van der Waals surface area (Å²) in [6.45, 7) is 0. The van der Waals surface area contributed by atoms with Gasteiger partial charge in [-0.05, 0) is 12.1 Å². The second-order valence-corrected chi connectivity index (χ2v) is 3.53. The molecule has 1 aliphatic rings. The van der Waals surface area contributed by atoms with Gasteiger partial charge in [0.1, 0.15) is 0 Å². The van der Waals surface area contributed by atoms with E-state index < -0.39 is 5.91 Å². The fraction of sp³-hybridized carbons (Fsp3) is 0. The number of fused-ring (bicyclic) bond motifs is 1. The average molecular weight is 230 g/mol. The second kappa shape index (κ2) is 3.15. The lowest BCUT2D eigenvalue weighted by Gasteiger charge is -2.01. The second-order valence-electron chi connectivity index (χ2n) is 2.71. The van der Waals surface area contributed by atoms with Crippen LogP contribution in [0.5, 0.6) is 0 Å². The third-order valence-corrected chi connectivity index (χ3v) is 2.55. The molecular weight excluding hydrogens is 225 g/mol. The number of nitrogens with one attached hydrogen (secondary N) is 1. The van der Waals surface area contributed by atoms with Gasteiger partial charge in [0.25, 0.3) is 5.91 Å². The average Bonchev–Trinajstić information content (AvgIpc) is 2.50. The van der Waals surface area contributed by atoms with Crippen molar-refractivity contribution < 1.29 is 4.79 Å². The first-order valence-corrected chi connectivity index (χ1v) is 4.48. The molecule has 1 aromatic rings. The zero-order valence-electron chi connectivity index (χ0n) is 6.84. The van der Waals surface area contributed by atoms with Crippen molar-refractivity contribution in [1.82, 2.24) is 0 Å². The maximum Gasteiger partial charge on any atom is 0.276 e. The number of halogens is 2. The number of anilines is 1. The highest BCUT2D eigenvalue weighted by Gasteiger charge is 2.30. The van der Waals surface area contributed by atoms with Crippen molar-refractivity contribution in [2.45, 2.75) is 0 Å². The van der Waals surface area contributed by atoms with Crippen molar-refractivity contribution in [2.75, 3.05) is 5.32 Å². The Balaban J connectivity index is 2.75. The Morgan fingerprint density at radius 1 is 1.29 bits per heavy atom. The highest BCUT2D eigenvalue weighted by atomic mass is 35.5. The molecule has 1 aliphatic heterocycles. The number of nitrogens with zero attached hydrogens (tertiary/aromatic N) is 1. The number of carbonyl (C=O) groups is 1. The molecule has 0 saturated carbocycles. The summed E-state index contributed by atoms with van der Waals surface area (Å²) >= 11 is 11.8. The number of rotatable bonds is 0. The first-order valence-electron chi connectivity index (χ1n) is 3.72. The van der Waals surface area contributed by atoms with E-state index in [4.69, 9.17) is 29.0 Å². The molecule has 6 heteroatoms. The molecule has 0 bridgehead atoms. The largest absolute Gasteiger partial charge is 0.322 e. The van der Waals surface area contributed by atoms with E-state index in [0.717, 1.165) is 0 Å². The summed E-state index contributed by atoms with van der Waals surface area (Å²) in [6.07, 6.45) is 0. The molecule has 1 amide bonds. The van der Waals surface area contributed by atoms with Crippen LogP contribution in [0.4, 0.5) is 5.69 Å². The van der Waals surface area contributed by atoms with Crippen molar-refractivity contribution >= 4 is 40.5 Å². The van der Waals surface area contributed by atoms with E-state index >= 15 is 0 Å². The van der Waals surface area contributed by atoms with Gasteiger partial charge in [-0.2, -0.15) is 5.10 Å². The third kappa shape index (κ3) is 1.15. The van der Waals surface area contributed by atoms with E-state index in [1.807, 2.05) is 0 Å². The monoisotopic (exact) mass is 229 g/mol. The molecule has 0 aromatic heterocycles. The van der Waals surface area contributed by atoms with Crippen LogP contribution in [0.15, 0.2) is 17.2 Å². The number of hydrogen-bond acceptors (Lipinski definition) is 3. The van der Waals surface area contributed by atoms with Gasteiger partial charge >= 0.3 is 0 Å². The fourth-order valence-electron chi connectivity index (χ4n) is 1.31. The lowest BCUT2D eigenvalue weighted by atomic mass is 10.1. The fourth-order valence-corrected chi connectivity index (χ4v) is 1.77. The van der Waals surface area contributed by atoms with Gasteiger partial charge in [0, 0.05) is 0 Å².